The topological polar surface area (TPSA) is 40.9 Å². The van der Waals surface area contributed by atoms with E-state index in [-0.39, 0.29) is 0 Å². The lowest BCUT2D eigenvalue weighted by Crippen LogP contribution is -2.06. The van der Waals surface area contributed by atoms with Crippen LogP contribution in [0.25, 0.3) is 0 Å². The molecule has 2 nitrogen and oxygen atoms in total. The first-order chi connectivity index (χ1) is 14.0. The molecule has 0 aliphatic carbocycles. The minimum Gasteiger partial charge on any atom is -0.277 e. The minimum absolute atomic E-state index is 0.408. The molecule has 0 aromatic heterocycles. The Balaban J connectivity index is 3.51. The van der Waals surface area contributed by atoms with Crippen LogP contribution in [0.1, 0.15) is 117 Å². The van der Waals surface area contributed by atoms with Crippen molar-refractivity contribution in [2.24, 2.45) is 0 Å². The summed E-state index contributed by atoms with van der Waals surface area (Å²) in [4.78, 5) is 11.8. The first-order valence-electron chi connectivity index (χ1n) is 11.9. The molecule has 166 valence electrons. The third-order valence-electron chi connectivity index (χ3n) is 5.61. The number of ketones is 1. The average molecular weight is 420 g/mol. The second kappa shape index (κ2) is 20.3. The number of hydrogen-bond acceptors (Lipinski definition) is 3. The van der Waals surface area contributed by atoms with Gasteiger partial charge in [0.05, 0.1) is 0 Å². The predicted molar refractivity (Wildman–Crippen MR) is 130 cm³/mol. The second-order valence-corrected chi connectivity index (χ2v) is 9.43. The number of nitrogens with zero attached hydrogens (tertiary/aromatic N) is 1. The van der Waals surface area contributed by atoms with Gasteiger partial charge in [0.25, 0.3) is 5.78 Å². The fourth-order valence-corrected chi connectivity index (χ4v) is 4.52. The Kier molecular flexibility index (Phi) is 19.6. The number of allylic oxidation sites excluding steroid dienone is 2. The number of hydrogen-bond donors (Lipinski definition) is 0. The SMILES string of the molecule is C=C(C)/C(C)=C(/CSCCCCCCCCCCCCCCCCC)C(=O)C#N. The summed E-state index contributed by atoms with van der Waals surface area (Å²) >= 11 is 1.77. The summed E-state index contributed by atoms with van der Waals surface area (Å²) in [5, 5.41) is 8.91. The van der Waals surface area contributed by atoms with Crippen molar-refractivity contribution in [3.8, 4) is 6.07 Å². The van der Waals surface area contributed by atoms with Gasteiger partial charge in [0.2, 0.25) is 0 Å². The van der Waals surface area contributed by atoms with Gasteiger partial charge in [-0.05, 0) is 31.6 Å². The quantitative estimate of drug-likeness (QED) is 0.0858. The molecule has 0 atom stereocenters. The van der Waals surface area contributed by atoms with E-state index >= 15 is 0 Å². The molecule has 0 bridgehead atoms. The van der Waals surface area contributed by atoms with Crippen LogP contribution in [0.4, 0.5) is 0 Å². The fourth-order valence-electron chi connectivity index (χ4n) is 3.42. The summed E-state index contributed by atoms with van der Waals surface area (Å²) in [6.45, 7) is 9.95. The average Bonchev–Trinajstić information content (AvgIpc) is 2.72. The third-order valence-corrected chi connectivity index (χ3v) is 6.68. The van der Waals surface area contributed by atoms with Crippen LogP contribution in [-0.4, -0.2) is 17.3 Å². The van der Waals surface area contributed by atoms with E-state index in [0.717, 1.165) is 16.9 Å². The molecule has 0 aliphatic heterocycles. The third kappa shape index (κ3) is 16.5. The van der Waals surface area contributed by atoms with Crippen LogP contribution >= 0.6 is 11.8 Å². The molecule has 0 fully saturated rings. The Morgan fingerprint density at radius 3 is 1.59 bits per heavy atom. The molecule has 0 saturated heterocycles. The maximum atomic E-state index is 11.8. The van der Waals surface area contributed by atoms with E-state index in [1.54, 1.807) is 17.8 Å². The number of carbonyl (C=O) groups is 1. The highest BCUT2D eigenvalue weighted by molar-refractivity contribution is 7.99. The van der Waals surface area contributed by atoms with Crippen molar-refractivity contribution >= 4 is 17.5 Å². The lowest BCUT2D eigenvalue weighted by molar-refractivity contribution is -0.110. The number of thioether (sulfide) groups is 1. The van der Waals surface area contributed by atoms with E-state index in [1.165, 1.54) is 96.3 Å². The number of unbranched alkanes of at least 4 members (excludes halogenated alkanes) is 14. The zero-order chi connectivity index (χ0) is 21.7. The first kappa shape index (κ1) is 28.0. The molecule has 0 N–H and O–H groups in total. The Morgan fingerprint density at radius 2 is 1.21 bits per heavy atom. The van der Waals surface area contributed by atoms with Crippen molar-refractivity contribution in [1.29, 1.82) is 5.26 Å². The van der Waals surface area contributed by atoms with Crippen LogP contribution in [0.15, 0.2) is 23.3 Å². The maximum Gasteiger partial charge on any atom is 0.259 e. The van der Waals surface area contributed by atoms with Crippen molar-refractivity contribution in [3.63, 3.8) is 0 Å². The monoisotopic (exact) mass is 419 g/mol. The minimum atomic E-state index is -0.408. The second-order valence-electron chi connectivity index (χ2n) is 8.33. The number of nitriles is 1. The van der Waals surface area contributed by atoms with E-state index in [2.05, 4.69) is 13.5 Å². The predicted octanol–water partition coefficient (Wildman–Crippen LogP) is 8.58. The molecule has 0 aromatic carbocycles. The highest BCUT2D eigenvalue weighted by Crippen LogP contribution is 2.20. The molecule has 3 heteroatoms. The Hall–Kier alpha value is -1.01. The standard InChI is InChI=1S/C26H45NOS/c1-5-6-7-8-9-10-11-12-13-14-15-16-17-18-19-20-29-22-25(26(28)21-27)24(4)23(2)3/h2,5-20,22H2,1,3-4H3/b25-24-. The van der Waals surface area contributed by atoms with Gasteiger partial charge in [-0.3, -0.25) is 4.79 Å². The molecule has 29 heavy (non-hydrogen) atoms. The van der Waals surface area contributed by atoms with Crippen LogP contribution in [0.2, 0.25) is 0 Å². The van der Waals surface area contributed by atoms with Crippen LogP contribution in [0.5, 0.6) is 0 Å². The zero-order valence-electron chi connectivity index (χ0n) is 19.5. The van der Waals surface area contributed by atoms with Crippen LogP contribution < -0.4 is 0 Å². The van der Waals surface area contributed by atoms with Crippen molar-refractivity contribution in [1.82, 2.24) is 0 Å². The van der Waals surface area contributed by atoms with E-state index in [4.69, 9.17) is 5.26 Å². The summed E-state index contributed by atoms with van der Waals surface area (Å²) in [7, 11) is 0. The van der Waals surface area contributed by atoms with Gasteiger partial charge in [-0.15, -0.1) is 0 Å². The largest absolute Gasteiger partial charge is 0.277 e. The Bertz CT molecular complexity index is 515. The smallest absolute Gasteiger partial charge is 0.259 e. The molecule has 0 aliphatic rings. The molecular weight excluding hydrogens is 374 g/mol. The van der Waals surface area contributed by atoms with Gasteiger partial charge >= 0.3 is 0 Å². The molecule has 0 spiro atoms. The Labute approximate surface area is 185 Å². The van der Waals surface area contributed by atoms with Gasteiger partial charge < -0.3 is 0 Å². The fraction of sp³-hybridized carbons (Fsp3) is 0.769. The highest BCUT2D eigenvalue weighted by Gasteiger charge is 2.12. The summed E-state index contributed by atoms with van der Waals surface area (Å²) in [6, 6.07) is 1.76. The van der Waals surface area contributed by atoms with Gasteiger partial charge in [0, 0.05) is 11.3 Å². The lowest BCUT2D eigenvalue weighted by Gasteiger charge is -2.08. The zero-order valence-corrected chi connectivity index (χ0v) is 20.3. The lowest BCUT2D eigenvalue weighted by atomic mass is 10.0. The molecular formula is C26H45NOS. The summed E-state index contributed by atoms with van der Waals surface area (Å²) in [6.07, 6.45) is 20.7. The van der Waals surface area contributed by atoms with E-state index in [0.29, 0.717) is 11.3 Å². The van der Waals surface area contributed by atoms with Crippen LogP contribution in [-0.2, 0) is 4.79 Å². The summed E-state index contributed by atoms with van der Waals surface area (Å²) < 4.78 is 0. The summed E-state index contributed by atoms with van der Waals surface area (Å²) in [5.41, 5.74) is 2.38. The van der Waals surface area contributed by atoms with Gasteiger partial charge in [0.1, 0.15) is 6.07 Å². The van der Waals surface area contributed by atoms with E-state index in [1.807, 2.05) is 13.8 Å². The number of Topliss-reactive ketones (excluding diaryl/α,β-unsaturated/α-hetero) is 1. The molecule has 0 rings (SSSR count). The Morgan fingerprint density at radius 1 is 0.793 bits per heavy atom. The molecule has 0 radical (unpaired) electrons. The van der Waals surface area contributed by atoms with Gasteiger partial charge in [-0.1, -0.05) is 109 Å². The normalized spacial score (nSPS) is 11.8. The molecule has 0 unspecified atom stereocenters. The van der Waals surface area contributed by atoms with Gasteiger partial charge in [-0.2, -0.15) is 17.0 Å². The molecule has 0 aromatic rings. The van der Waals surface area contributed by atoms with Gasteiger partial charge in [-0.25, -0.2) is 0 Å². The van der Waals surface area contributed by atoms with Crippen molar-refractivity contribution < 1.29 is 4.79 Å². The van der Waals surface area contributed by atoms with E-state index < -0.39 is 5.78 Å². The number of rotatable bonds is 20. The molecule has 0 amide bonds. The van der Waals surface area contributed by atoms with E-state index in [9.17, 15) is 4.79 Å². The molecule has 0 heterocycles. The van der Waals surface area contributed by atoms with Crippen molar-refractivity contribution in [2.75, 3.05) is 11.5 Å². The first-order valence-corrected chi connectivity index (χ1v) is 13.1. The van der Waals surface area contributed by atoms with Crippen LogP contribution in [0, 0.1) is 11.3 Å². The van der Waals surface area contributed by atoms with Crippen molar-refractivity contribution in [2.45, 2.75) is 117 Å². The van der Waals surface area contributed by atoms with Crippen molar-refractivity contribution in [3.05, 3.63) is 23.3 Å². The number of carbonyl (C=O) groups excluding carboxylic acids is 1. The highest BCUT2D eigenvalue weighted by atomic mass is 32.2. The van der Waals surface area contributed by atoms with Gasteiger partial charge in [0.15, 0.2) is 0 Å². The van der Waals surface area contributed by atoms with Crippen LogP contribution in [0.3, 0.4) is 0 Å². The molecule has 0 saturated carbocycles. The summed E-state index contributed by atoms with van der Waals surface area (Å²) in [5.74, 6) is 1.28. The maximum absolute atomic E-state index is 11.8.